The molecule has 124 valence electrons. The number of thiophene rings is 1. The Morgan fingerprint density at radius 1 is 1.08 bits per heavy atom. The van der Waals surface area contributed by atoms with E-state index in [-0.39, 0.29) is 0 Å². The van der Waals surface area contributed by atoms with Crippen LogP contribution in [0, 0.1) is 0 Å². The molecule has 24 heavy (non-hydrogen) atoms. The van der Waals surface area contributed by atoms with Gasteiger partial charge in [0.05, 0.1) is 0 Å². The molecular weight excluding hydrogens is 316 g/mol. The number of nitrogens with zero attached hydrogens (tertiary/aromatic N) is 2. The highest BCUT2D eigenvalue weighted by Gasteiger charge is 2.27. The molecule has 1 atom stereocenters. The molecule has 0 saturated carbocycles. The Morgan fingerprint density at radius 2 is 1.92 bits per heavy atom. The summed E-state index contributed by atoms with van der Waals surface area (Å²) < 4.78 is 1.16. The lowest BCUT2D eigenvalue weighted by Gasteiger charge is -2.40. The molecule has 1 saturated heterocycles. The average molecular weight is 338 g/mol. The van der Waals surface area contributed by atoms with Crippen LogP contribution < -0.4 is 0 Å². The van der Waals surface area contributed by atoms with E-state index in [0.717, 1.165) is 36.3 Å². The van der Waals surface area contributed by atoms with E-state index in [1.54, 1.807) is 17.4 Å². The van der Waals surface area contributed by atoms with Gasteiger partial charge in [-0.05, 0) is 30.8 Å². The van der Waals surface area contributed by atoms with Crippen LogP contribution in [0.4, 0.5) is 0 Å². The van der Waals surface area contributed by atoms with Crippen LogP contribution in [0.1, 0.15) is 16.5 Å². The quantitative estimate of drug-likeness (QED) is 0.779. The molecule has 2 aromatic carbocycles. The third-order valence-electron chi connectivity index (χ3n) is 4.83. The summed E-state index contributed by atoms with van der Waals surface area (Å²) in [5.74, 6) is 0.382. The summed E-state index contributed by atoms with van der Waals surface area (Å²) in [6, 6.07) is 19.1. The van der Waals surface area contributed by atoms with Gasteiger partial charge in [-0.1, -0.05) is 36.4 Å². The Bertz CT molecular complexity index is 830. The van der Waals surface area contributed by atoms with Crippen molar-refractivity contribution in [1.82, 2.24) is 9.80 Å². The lowest BCUT2D eigenvalue weighted by molar-refractivity contribution is 0.0843. The summed E-state index contributed by atoms with van der Waals surface area (Å²) in [6.45, 7) is 4.15. The van der Waals surface area contributed by atoms with Crippen molar-refractivity contribution in [2.24, 2.45) is 0 Å². The zero-order valence-corrected chi connectivity index (χ0v) is 14.7. The van der Waals surface area contributed by atoms with Gasteiger partial charge in [-0.15, -0.1) is 11.3 Å². The zero-order valence-electron chi connectivity index (χ0n) is 13.9. The minimum absolute atomic E-state index is 0.382. The predicted molar refractivity (Wildman–Crippen MR) is 101 cm³/mol. The molecule has 1 fully saturated rings. The van der Waals surface area contributed by atoms with E-state index in [2.05, 4.69) is 59.3 Å². The van der Waals surface area contributed by atoms with Crippen molar-refractivity contribution in [2.45, 2.75) is 12.6 Å². The minimum Gasteiger partial charge on any atom is -0.507 e. The fraction of sp³-hybridized carbons (Fsp3) is 0.300. The van der Waals surface area contributed by atoms with E-state index in [0.29, 0.717) is 11.8 Å². The molecule has 0 bridgehead atoms. The number of rotatable bonds is 3. The zero-order chi connectivity index (χ0) is 16.5. The minimum atomic E-state index is 0.382. The number of benzene rings is 2. The number of piperazine rings is 1. The maximum Gasteiger partial charge on any atom is 0.124 e. The highest BCUT2D eigenvalue weighted by Crippen LogP contribution is 2.34. The molecule has 0 aliphatic carbocycles. The molecule has 4 heteroatoms. The fourth-order valence-corrected chi connectivity index (χ4v) is 4.62. The molecule has 3 nitrogen and oxygen atoms in total. The predicted octanol–water partition coefficient (Wildman–Crippen LogP) is 4.10. The van der Waals surface area contributed by atoms with Gasteiger partial charge in [-0.3, -0.25) is 4.90 Å². The van der Waals surface area contributed by atoms with E-state index in [4.69, 9.17) is 0 Å². The Hall–Kier alpha value is -1.88. The average Bonchev–Trinajstić information content (AvgIpc) is 3.01. The maximum atomic E-state index is 10.0. The molecule has 1 N–H and O–H groups in total. The van der Waals surface area contributed by atoms with Gasteiger partial charge in [0.1, 0.15) is 5.75 Å². The number of fused-ring (bicyclic) bond motifs is 1. The molecular formula is C20H22N2OS. The van der Waals surface area contributed by atoms with Crippen molar-refractivity contribution in [3.05, 3.63) is 65.0 Å². The van der Waals surface area contributed by atoms with Crippen molar-refractivity contribution in [3.63, 3.8) is 0 Å². The summed E-state index contributed by atoms with van der Waals surface area (Å²) in [4.78, 5) is 6.29. The third kappa shape index (κ3) is 3.05. The van der Waals surface area contributed by atoms with Gasteiger partial charge in [0.15, 0.2) is 0 Å². The Kier molecular flexibility index (Phi) is 4.27. The number of phenolic OH excluding ortho intramolecular Hbond substituents is 1. The van der Waals surface area contributed by atoms with E-state index in [1.807, 2.05) is 6.07 Å². The third-order valence-corrected chi connectivity index (χ3v) is 5.91. The first-order valence-electron chi connectivity index (χ1n) is 8.38. The monoisotopic (exact) mass is 338 g/mol. The first-order valence-corrected chi connectivity index (χ1v) is 9.20. The molecule has 3 aromatic rings. The number of hydrogen-bond acceptors (Lipinski definition) is 4. The van der Waals surface area contributed by atoms with Crippen LogP contribution in [0.5, 0.6) is 5.75 Å². The van der Waals surface area contributed by atoms with E-state index in [9.17, 15) is 5.11 Å². The van der Waals surface area contributed by atoms with Crippen LogP contribution >= 0.6 is 11.3 Å². The van der Waals surface area contributed by atoms with Gasteiger partial charge in [0.2, 0.25) is 0 Å². The highest BCUT2D eigenvalue weighted by molar-refractivity contribution is 7.19. The van der Waals surface area contributed by atoms with Crippen LogP contribution in [0.25, 0.3) is 10.1 Å². The lowest BCUT2D eigenvalue weighted by atomic mass is 10.0. The van der Waals surface area contributed by atoms with Crippen LogP contribution in [0.15, 0.2) is 54.6 Å². The topological polar surface area (TPSA) is 26.7 Å². The molecule has 2 heterocycles. The van der Waals surface area contributed by atoms with Crippen LogP contribution in [0.2, 0.25) is 0 Å². The molecule has 1 unspecified atom stereocenters. The van der Waals surface area contributed by atoms with Gasteiger partial charge in [-0.2, -0.15) is 0 Å². The van der Waals surface area contributed by atoms with Gasteiger partial charge >= 0.3 is 0 Å². The molecule has 0 radical (unpaired) electrons. The van der Waals surface area contributed by atoms with Crippen LogP contribution in [0.3, 0.4) is 0 Å². The van der Waals surface area contributed by atoms with Crippen molar-refractivity contribution in [2.75, 3.05) is 26.7 Å². The molecule has 0 spiro atoms. The molecule has 1 aliphatic rings. The van der Waals surface area contributed by atoms with Gasteiger partial charge < -0.3 is 10.0 Å². The first-order chi connectivity index (χ1) is 11.7. The number of phenols is 1. The SMILES string of the molecule is CN1CCN(Cc2cc3c(O)cccc3s2)C(c2ccccc2)C1. The first kappa shape index (κ1) is 15.6. The van der Waals surface area contributed by atoms with Gasteiger partial charge in [-0.25, -0.2) is 0 Å². The number of likely N-dealkylation sites (N-methyl/N-ethyl adjacent to an activating group) is 1. The van der Waals surface area contributed by atoms with Crippen molar-refractivity contribution in [3.8, 4) is 5.75 Å². The Labute approximate surface area is 146 Å². The van der Waals surface area contributed by atoms with Gasteiger partial charge in [0.25, 0.3) is 0 Å². The standard InChI is InChI=1S/C20H22N2OS/c1-21-10-11-22(18(14-21)15-6-3-2-4-7-15)13-16-12-17-19(23)8-5-9-20(17)24-16/h2-9,12,18,23H,10-11,13-14H2,1H3. The summed E-state index contributed by atoms with van der Waals surface area (Å²) in [7, 11) is 2.20. The molecule has 1 aromatic heterocycles. The van der Waals surface area contributed by atoms with Crippen molar-refractivity contribution >= 4 is 21.4 Å². The molecule has 1 aliphatic heterocycles. The van der Waals surface area contributed by atoms with Crippen LogP contribution in [-0.4, -0.2) is 41.6 Å². The van der Waals surface area contributed by atoms with E-state index >= 15 is 0 Å². The largest absolute Gasteiger partial charge is 0.507 e. The number of aromatic hydroxyl groups is 1. The van der Waals surface area contributed by atoms with Crippen molar-refractivity contribution in [1.29, 1.82) is 0 Å². The second kappa shape index (κ2) is 6.55. The van der Waals surface area contributed by atoms with Gasteiger partial charge in [0, 0.05) is 47.2 Å². The van der Waals surface area contributed by atoms with Crippen molar-refractivity contribution < 1.29 is 5.11 Å². The smallest absolute Gasteiger partial charge is 0.124 e. The highest BCUT2D eigenvalue weighted by atomic mass is 32.1. The van der Waals surface area contributed by atoms with E-state index < -0.39 is 0 Å². The summed E-state index contributed by atoms with van der Waals surface area (Å²) in [6.07, 6.45) is 0. The second-order valence-electron chi connectivity index (χ2n) is 6.56. The normalized spacial score (nSPS) is 19.8. The Balaban J connectivity index is 1.62. The fourth-order valence-electron chi connectivity index (χ4n) is 3.51. The summed E-state index contributed by atoms with van der Waals surface area (Å²) in [5, 5.41) is 11.0. The Morgan fingerprint density at radius 3 is 2.71 bits per heavy atom. The second-order valence-corrected chi connectivity index (χ2v) is 7.73. The number of hydrogen-bond donors (Lipinski definition) is 1. The molecule has 0 amide bonds. The summed E-state index contributed by atoms with van der Waals surface area (Å²) >= 11 is 1.79. The van der Waals surface area contributed by atoms with Crippen LogP contribution in [-0.2, 0) is 6.54 Å². The summed E-state index contributed by atoms with van der Waals surface area (Å²) in [5.41, 5.74) is 1.38. The lowest BCUT2D eigenvalue weighted by Crippen LogP contribution is -2.46. The maximum absolute atomic E-state index is 10.0. The molecule has 4 rings (SSSR count). The van der Waals surface area contributed by atoms with E-state index in [1.165, 1.54) is 10.4 Å².